The zero-order valence-electron chi connectivity index (χ0n) is 18.5. The fourth-order valence-corrected chi connectivity index (χ4v) is 5.33. The van der Waals surface area contributed by atoms with E-state index in [0.29, 0.717) is 28.5 Å². The molecule has 3 aromatic rings. The highest BCUT2D eigenvalue weighted by Crippen LogP contribution is 2.51. The Morgan fingerprint density at radius 2 is 1.94 bits per heavy atom. The van der Waals surface area contributed by atoms with E-state index in [1.807, 2.05) is 32.0 Å². The van der Waals surface area contributed by atoms with Gasteiger partial charge in [0.1, 0.15) is 0 Å². The van der Waals surface area contributed by atoms with E-state index in [0.717, 1.165) is 35.3 Å². The van der Waals surface area contributed by atoms with Crippen LogP contribution in [0, 0.1) is 25.1 Å². The van der Waals surface area contributed by atoms with Crippen molar-refractivity contribution < 1.29 is 4.39 Å². The minimum absolute atomic E-state index is 0.302. The molecule has 0 unspecified atom stereocenters. The first-order valence-electron chi connectivity index (χ1n) is 11.2. The number of nitrogens with one attached hydrogen (secondary N) is 1. The Kier molecular flexibility index (Phi) is 4.99. The smallest absolute Gasteiger partial charge is 0.241 e. The predicted octanol–water partition coefficient (Wildman–Crippen LogP) is 6.39. The molecule has 31 heavy (non-hydrogen) atoms. The van der Waals surface area contributed by atoms with E-state index in [1.165, 1.54) is 38.3 Å². The van der Waals surface area contributed by atoms with Crippen molar-refractivity contribution in [2.24, 2.45) is 15.6 Å². The van der Waals surface area contributed by atoms with E-state index >= 15 is 4.39 Å². The topological polar surface area (TPSA) is 66.9 Å². The van der Waals surface area contributed by atoms with Crippen LogP contribution in [0.25, 0.3) is 16.6 Å². The Morgan fingerprint density at radius 1 is 1.16 bits per heavy atom. The number of azo groups is 1. The molecule has 0 radical (unpaired) electrons. The molecule has 2 heterocycles. The molecule has 1 N–H and O–H groups in total. The molecular formula is C24H29FN6. The van der Waals surface area contributed by atoms with Crippen LogP contribution in [0.15, 0.2) is 34.6 Å². The maximum absolute atomic E-state index is 15.0. The fraction of sp³-hybridized carbons (Fsp3) is 0.500. The van der Waals surface area contributed by atoms with Gasteiger partial charge in [-0.2, -0.15) is 10.2 Å². The lowest BCUT2D eigenvalue weighted by molar-refractivity contribution is 0.0729. The van der Waals surface area contributed by atoms with Gasteiger partial charge in [-0.05, 0) is 81.0 Å². The summed E-state index contributed by atoms with van der Waals surface area (Å²) in [5.74, 6) is 0.277. The standard InChI is InChI=1S/C24H29FN6/c1-15-13-17(5-6-20(15)29-26-3)21-19(25)14-31-22(21)16(2)27-23(30-31)28-18-7-11-24(12-8-18)9-4-10-24/h5-6,13-14,18H,4,7-12H2,1-3H3,(H,28,30). The van der Waals surface area contributed by atoms with E-state index < -0.39 is 0 Å². The van der Waals surface area contributed by atoms with Gasteiger partial charge in [-0.3, -0.25) is 0 Å². The second-order valence-corrected chi connectivity index (χ2v) is 9.24. The third-order valence-corrected chi connectivity index (χ3v) is 7.25. The van der Waals surface area contributed by atoms with Gasteiger partial charge in [0.25, 0.3) is 0 Å². The van der Waals surface area contributed by atoms with E-state index in [4.69, 9.17) is 4.98 Å². The molecule has 1 spiro atoms. The van der Waals surface area contributed by atoms with Gasteiger partial charge < -0.3 is 5.32 Å². The van der Waals surface area contributed by atoms with Gasteiger partial charge >= 0.3 is 0 Å². The number of fused-ring (bicyclic) bond motifs is 1. The molecule has 7 heteroatoms. The molecule has 2 aliphatic rings. The van der Waals surface area contributed by atoms with E-state index in [9.17, 15) is 0 Å². The van der Waals surface area contributed by atoms with Crippen LogP contribution in [0.2, 0.25) is 0 Å². The van der Waals surface area contributed by atoms with Crippen molar-refractivity contribution in [1.29, 1.82) is 0 Å². The van der Waals surface area contributed by atoms with Crippen molar-refractivity contribution >= 4 is 17.2 Å². The van der Waals surface area contributed by atoms with Crippen molar-refractivity contribution in [2.45, 2.75) is 64.8 Å². The Morgan fingerprint density at radius 3 is 2.58 bits per heavy atom. The lowest BCUT2D eigenvalue weighted by Gasteiger charge is -2.47. The summed E-state index contributed by atoms with van der Waals surface area (Å²) in [5.41, 5.74) is 5.13. The van der Waals surface area contributed by atoms with Crippen LogP contribution in [0.4, 0.5) is 16.0 Å². The highest BCUT2D eigenvalue weighted by molar-refractivity contribution is 5.84. The summed E-state index contributed by atoms with van der Waals surface area (Å²) in [4.78, 5) is 4.69. The van der Waals surface area contributed by atoms with E-state index in [1.54, 1.807) is 11.6 Å². The van der Waals surface area contributed by atoms with Gasteiger partial charge in [0.2, 0.25) is 5.95 Å². The maximum atomic E-state index is 15.0. The maximum Gasteiger partial charge on any atom is 0.241 e. The molecule has 2 saturated carbocycles. The summed E-state index contributed by atoms with van der Waals surface area (Å²) in [6, 6.07) is 6.07. The molecule has 162 valence electrons. The molecule has 6 nitrogen and oxygen atoms in total. The lowest BCUT2D eigenvalue weighted by atomic mass is 9.60. The highest BCUT2D eigenvalue weighted by Gasteiger charge is 2.40. The monoisotopic (exact) mass is 420 g/mol. The number of nitrogens with zero attached hydrogens (tertiary/aromatic N) is 5. The largest absolute Gasteiger partial charge is 0.350 e. The second kappa shape index (κ2) is 7.70. The minimum atomic E-state index is -0.302. The lowest BCUT2D eigenvalue weighted by Crippen LogP contribution is -2.38. The zero-order valence-corrected chi connectivity index (χ0v) is 18.5. The molecular weight excluding hydrogens is 391 g/mol. The molecule has 2 fully saturated rings. The van der Waals surface area contributed by atoms with Crippen molar-refractivity contribution in [1.82, 2.24) is 14.6 Å². The Hall–Kier alpha value is -2.83. The van der Waals surface area contributed by atoms with Crippen molar-refractivity contribution in [3.63, 3.8) is 0 Å². The summed E-state index contributed by atoms with van der Waals surface area (Å²) >= 11 is 0. The van der Waals surface area contributed by atoms with Gasteiger partial charge in [0, 0.05) is 18.7 Å². The first kappa shape index (κ1) is 20.1. The number of anilines is 1. The molecule has 0 saturated heterocycles. The summed E-state index contributed by atoms with van der Waals surface area (Å²) in [5, 5.41) is 16.1. The number of halogens is 1. The molecule has 0 atom stereocenters. The average molecular weight is 421 g/mol. The van der Waals surface area contributed by atoms with Crippen LogP contribution in [-0.4, -0.2) is 27.7 Å². The molecule has 2 aliphatic carbocycles. The molecule has 0 bridgehead atoms. The Bertz CT molecular complexity index is 1150. The van der Waals surface area contributed by atoms with Crippen LogP contribution in [0.3, 0.4) is 0 Å². The van der Waals surface area contributed by atoms with Gasteiger partial charge in [-0.25, -0.2) is 13.9 Å². The molecule has 0 aliphatic heterocycles. The van der Waals surface area contributed by atoms with Gasteiger partial charge in [-0.1, -0.05) is 12.5 Å². The molecule has 2 aromatic heterocycles. The van der Waals surface area contributed by atoms with Crippen LogP contribution in [0.5, 0.6) is 0 Å². The Labute approximate surface area is 182 Å². The number of aryl methyl sites for hydroxylation is 2. The van der Waals surface area contributed by atoms with Gasteiger partial charge in [0.05, 0.1) is 23.1 Å². The van der Waals surface area contributed by atoms with Crippen molar-refractivity contribution in [3.8, 4) is 11.1 Å². The molecule has 1 aromatic carbocycles. The van der Waals surface area contributed by atoms with Crippen LogP contribution < -0.4 is 5.32 Å². The normalized spacial score (nSPS) is 18.7. The quantitative estimate of drug-likeness (QED) is 0.497. The SMILES string of the molecule is CN=Nc1ccc(-c2c(F)cn3nc(NC4CCC5(CCC5)CC4)nc(C)c23)cc1C. The average Bonchev–Trinajstić information content (AvgIpc) is 3.05. The first-order chi connectivity index (χ1) is 15.0. The Balaban J connectivity index is 1.43. The van der Waals surface area contributed by atoms with Gasteiger partial charge in [0.15, 0.2) is 5.82 Å². The third-order valence-electron chi connectivity index (χ3n) is 7.25. The van der Waals surface area contributed by atoms with Crippen LogP contribution in [0.1, 0.15) is 56.2 Å². The third kappa shape index (κ3) is 3.60. The van der Waals surface area contributed by atoms with Crippen LogP contribution >= 0.6 is 0 Å². The summed E-state index contributed by atoms with van der Waals surface area (Å²) in [7, 11) is 1.64. The minimum Gasteiger partial charge on any atom is -0.350 e. The van der Waals surface area contributed by atoms with Crippen molar-refractivity contribution in [2.75, 3.05) is 12.4 Å². The summed E-state index contributed by atoms with van der Waals surface area (Å²) < 4.78 is 16.6. The fourth-order valence-electron chi connectivity index (χ4n) is 5.33. The number of hydrogen-bond acceptors (Lipinski definition) is 5. The number of hydrogen-bond donors (Lipinski definition) is 1. The van der Waals surface area contributed by atoms with E-state index in [2.05, 4.69) is 20.6 Å². The van der Waals surface area contributed by atoms with E-state index in [-0.39, 0.29) is 5.82 Å². The van der Waals surface area contributed by atoms with Gasteiger partial charge in [-0.15, -0.1) is 5.10 Å². The predicted molar refractivity (Wildman–Crippen MR) is 120 cm³/mol. The number of aromatic nitrogens is 3. The van der Waals surface area contributed by atoms with Crippen molar-refractivity contribution in [3.05, 3.63) is 41.5 Å². The first-order valence-corrected chi connectivity index (χ1v) is 11.2. The molecule has 0 amide bonds. The number of benzene rings is 1. The van der Waals surface area contributed by atoms with Crippen LogP contribution in [-0.2, 0) is 0 Å². The summed E-state index contributed by atoms with van der Waals surface area (Å²) in [6.45, 7) is 3.87. The zero-order chi connectivity index (χ0) is 21.6. The highest BCUT2D eigenvalue weighted by atomic mass is 19.1. The second-order valence-electron chi connectivity index (χ2n) is 9.24. The summed E-state index contributed by atoms with van der Waals surface area (Å²) in [6.07, 6.45) is 10.5. The number of rotatable bonds is 4. The molecule has 5 rings (SSSR count).